The zero-order valence-corrected chi connectivity index (χ0v) is 19.1. The number of halogens is 1. The zero-order chi connectivity index (χ0) is 22.5. The fraction of sp³-hybridized carbons (Fsp3) is 0.174. The number of nitrogens with one attached hydrogen (secondary N) is 1. The van der Waals surface area contributed by atoms with E-state index in [4.69, 9.17) is 20.8 Å². The van der Waals surface area contributed by atoms with Gasteiger partial charge in [-0.2, -0.15) is 0 Å². The third-order valence-corrected chi connectivity index (χ3v) is 5.97. The van der Waals surface area contributed by atoms with Gasteiger partial charge in [-0.25, -0.2) is 0 Å². The number of hydrogen-bond donors (Lipinski definition) is 1. The molecule has 0 aliphatic heterocycles. The second-order valence-corrected chi connectivity index (χ2v) is 8.37. The van der Waals surface area contributed by atoms with Crippen LogP contribution in [0.3, 0.4) is 0 Å². The molecule has 0 fully saturated rings. The lowest BCUT2D eigenvalue weighted by Crippen LogP contribution is -2.15. The Morgan fingerprint density at radius 3 is 2.69 bits per heavy atom. The van der Waals surface area contributed by atoms with Crippen LogP contribution in [0.15, 0.2) is 70.4 Å². The predicted octanol–water partition coefficient (Wildman–Crippen LogP) is 5.29. The summed E-state index contributed by atoms with van der Waals surface area (Å²) in [5.74, 6) is 2.17. The maximum atomic E-state index is 12.5. The molecule has 164 valence electrons. The maximum Gasteiger partial charge on any atom is 0.234 e. The molecule has 0 aliphatic rings. The molecule has 0 unspecified atom stereocenters. The number of carbonyl (C=O) groups is 1. The Kier molecular flexibility index (Phi) is 6.82. The van der Waals surface area contributed by atoms with E-state index in [0.29, 0.717) is 28.2 Å². The number of methoxy groups -OCH3 is 1. The topological polar surface area (TPSA) is 82.2 Å². The van der Waals surface area contributed by atoms with Crippen molar-refractivity contribution < 1.29 is 13.9 Å². The highest BCUT2D eigenvalue weighted by atomic mass is 35.5. The van der Waals surface area contributed by atoms with Gasteiger partial charge in [0.1, 0.15) is 11.5 Å². The summed E-state index contributed by atoms with van der Waals surface area (Å²) in [4.78, 5) is 12.5. The summed E-state index contributed by atoms with van der Waals surface area (Å²) in [7, 11) is 1.62. The van der Waals surface area contributed by atoms with Crippen molar-refractivity contribution in [3.05, 3.63) is 77.2 Å². The Bertz CT molecular complexity index is 1210. The summed E-state index contributed by atoms with van der Waals surface area (Å²) in [5, 5.41) is 12.6. The van der Waals surface area contributed by atoms with Gasteiger partial charge in [-0.15, -0.1) is 10.2 Å². The third-order valence-electron chi connectivity index (χ3n) is 4.69. The molecule has 0 saturated carbocycles. The second-order valence-electron chi connectivity index (χ2n) is 7.02. The number of carbonyl (C=O) groups excluding carboxylic acids is 1. The maximum absolute atomic E-state index is 12.5. The van der Waals surface area contributed by atoms with Crippen molar-refractivity contribution in [2.45, 2.75) is 18.6 Å². The molecule has 2 heterocycles. The van der Waals surface area contributed by atoms with Gasteiger partial charge >= 0.3 is 0 Å². The number of rotatable bonds is 8. The molecule has 2 aromatic heterocycles. The first kappa shape index (κ1) is 22.0. The van der Waals surface area contributed by atoms with Crippen LogP contribution < -0.4 is 10.1 Å². The van der Waals surface area contributed by atoms with Crippen LogP contribution in [-0.2, 0) is 11.3 Å². The SMILES string of the molecule is COc1ccc(-c2nnc(SCC(=O)Nc3ccc(C)cc3Cl)n2Cc2ccco2)cc1. The average Bonchev–Trinajstić information content (AvgIpc) is 3.45. The van der Waals surface area contributed by atoms with Crippen molar-refractivity contribution in [2.75, 3.05) is 18.2 Å². The molecule has 0 atom stereocenters. The number of hydrogen-bond acceptors (Lipinski definition) is 6. The van der Waals surface area contributed by atoms with Crippen molar-refractivity contribution >= 4 is 35.0 Å². The molecule has 4 aromatic rings. The highest BCUT2D eigenvalue weighted by Gasteiger charge is 2.17. The molecule has 32 heavy (non-hydrogen) atoms. The molecule has 1 N–H and O–H groups in total. The van der Waals surface area contributed by atoms with Gasteiger partial charge in [0, 0.05) is 5.56 Å². The lowest BCUT2D eigenvalue weighted by atomic mass is 10.2. The molecule has 0 radical (unpaired) electrons. The van der Waals surface area contributed by atoms with E-state index in [1.807, 2.05) is 60.0 Å². The van der Waals surface area contributed by atoms with E-state index in [0.717, 1.165) is 22.6 Å². The van der Waals surface area contributed by atoms with Gasteiger partial charge in [0.25, 0.3) is 0 Å². The zero-order valence-electron chi connectivity index (χ0n) is 17.5. The van der Waals surface area contributed by atoms with Gasteiger partial charge in [0.15, 0.2) is 11.0 Å². The largest absolute Gasteiger partial charge is 0.497 e. The molecule has 0 spiro atoms. The first-order valence-corrected chi connectivity index (χ1v) is 11.2. The van der Waals surface area contributed by atoms with Crippen LogP contribution in [0.4, 0.5) is 5.69 Å². The van der Waals surface area contributed by atoms with Crippen molar-refractivity contribution in [1.82, 2.24) is 14.8 Å². The van der Waals surface area contributed by atoms with E-state index in [9.17, 15) is 4.79 Å². The average molecular weight is 469 g/mol. The minimum Gasteiger partial charge on any atom is -0.497 e. The summed E-state index contributed by atoms with van der Waals surface area (Å²) < 4.78 is 12.7. The Hall–Kier alpha value is -3.23. The highest BCUT2D eigenvalue weighted by Crippen LogP contribution is 2.28. The number of anilines is 1. The highest BCUT2D eigenvalue weighted by molar-refractivity contribution is 7.99. The Balaban J connectivity index is 1.53. The Morgan fingerprint density at radius 1 is 1.19 bits per heavy atom. The summed E-state index contributed by atoms with van der Waals surface area (Å²) in [6.07, 6.45) is 1.62. The van der Waals surface area contributed by atoms with E-state index < -0.39 is 0 Å². The van der Waals surface area contributed by atoms with E-state index in [-0.39, 0.29) is 11.7 Å². The summed E-state index contributed by atoms with van der Waals surface area (Å²) in [6.45, 7) is 2.38. The number of furan rings is 1. The molecular formula is C23H21ClN4O3S. The first-order chi connectivity index (χ1) is 15.5. The van der Waals surface area contributed by atoms with Gasteiger partial charge in [0.2, 0.25) is 5.91 Å². The van der Waals surface area contributed by atoms with Crippen LogP contribution in [0.5, 0.6) is 5.75 Å². The minimum absolute atomic E-state index is 0.156. The molecule has 1 amide bonds. The number of ether oxygens (including phenoxy) is 1. The number of nitrogens with zero attached hydrogens (tertiary/aromatic N) is 3. The first-order valence-electron chi connectivity index (χ1n) is 9.82. The lowest BCUT2D eigenvalue weighted by Gasteiger charge is -2.10. The Labute approximate surface area is 194 Å². The molecular weight excluding hydrogens is 448 g/mol. The number of thioether (sulfide) groups is 1. The molecule has 0 bridgehead atoms. The third kappa shape index (κ3) is 5.15. The number of amides is 1. The number of benzene rings is 2. The Morgan fingerprint density at radius 2 is 2.00 bits per heavy atom. The lowest BCUT2D eigenvalue weighted by molar-refractivity contribution is -0.113. The second kappa shape index (κ2) is 9.93. The number of aryl methyl sites for hydroxylation is 1. The monoisotopic (exact) mass is 468 g/mol. The van der Waals surface area contributed by atoms with Gasteiger partial charge in [0.05, 0.1) is 36.4 Å². The molecule has 9 heteroatoms. The van der Waals surface area contributed by atoms with Gasteiger partial charge in [-0.05, 0) is 61.0 Å². The fourth-order valence-corrected chi connectivity index (χ4v) is 4.11. The quantitative estimate of drug-likeness (QED) is 0.354. The summed E-state index contributed by atoms with van der Waals surface area (Å²) in [5.41, 5.74) is 2.49. The summed E-state index contributed by atoms with van der Waals surface area (Å²) >= 11 is 7.52. The van der Waals surface area contributed by atoms with Crippen molar-refractivity contribution in [3.8, 4) is 17.1 Å². The minimum atomic E-state index is -0.181. The van der Waals surface area contributed by atoms with Crippen LogP contribution in [0.1, 0.15) is 11.3 Å². The summed E-state index contributed by atoms with van der Waals surface area (Å²) in [6, 6.07) is 16.8. The van der Waals surface area contributed by atoms with Crippen LogP contribution in [0, 0.1) is 6.92 Å². The van der Waals surface area contributed by atoms with Crippen molar-refractivity contribution in [1.29, 1.82) is 0 Å². The smallest absolute Gasteiger partial charge is 0.234 e. The van der Waals surface area contributed by atoms with E-state index in [1.165, 1.54) is 11.8 Å². The van der Waals surface area contributed by atoms with Crippen LogP contribution in [-0.4, -0.2) is 33.5 Å². The van der Waals surface area contributed by atoms with Crippen molar-refractivity contribution in [3.63, 3.8) is 0 Å². The molecule has 4 rings (SSSR count). The molecule has 0 saturated heterocycles. The van der Waals surface area contributed by atoms with Crippen LogP contribution in [0.25, 0.3) is 11.4 Å². The normalized spacial score (nSPS) is 10.8. The van der Waals surface area contributed by atoms with E-state index >= 15 is 0 Å². The number of aromatic nitrogens is 3. The standard InChI is InChI=1S/C23H21ClN4O3S/c1-15-5-10-20(19(24)12-15)25-21(29)14-32-23-27-26-22(16-6-8-17(30-2)9-7-16)28(23)13-18-4-3-11-31-18/h3-12H,13-14H2,1-2H3,(H,25,29). The molecule has 0 aliphatic carbocycles. The molecule has 2 aromatic carbocycles. The van der Waals surface area contributed by atoms with Crippen LogP contribution >= 0.6 is 23.4 Å². The van der Waals surface area contributed by atoms with E-state index in [1.54, 1.807) is 19.4 Å². The van der Waals surface area contributed by atoms with Crippen LogP contribution in [0.2, 0.25) is 5.02 Å². The van der Waals surface area contributed by atoms with Gasteiger partial charge in [-0.3, -0.25) is 9.36 Å². The molecule has 7 nitrogen and oxygen atoms in total. The van der Waals surface area contributed by atoms with E-state index in [2.05, 4.69) is 15.5 Å². The van der Waals surface area contributed by atoms with Gasteiger partial charge < -0.3 is 14.5 Å². The fourth-order valence-electron chi connectivity index (χ4n) is 3.09. The predicted molar refractivity (Wildman–Crippen MR) is 125 cm³/mol. The van der Waals surface area contributed by atoms with Gasteiger partial charge in [-0.1, -0.05) is 29.4 Å². The van der Waals surface area contributed by atoms with Crippen molar-refractivity contribution in [2.24, 2.45) is 0 Å².